The lowest BCUT2D eigenvalue weighted by atomic mass is 10.1. The van der Waals surface area contributed by atoms with E-state index in [1.165, 1.54) is 12.1 Å². The van der Waals surface area contributed by atoms with Gasteiger partial charge in [0.15, 0.2) is 5.58 Å². The van der Waals surface area contributed by atoms with E-state index in [1.54, 1.807) is 36.4 Å². The first-order valence-electron chi connectivity index (χ1n) is 12.9. The van der Waals surface area contributed by atoms with E-state index in [0.29, 0.717) is 28.3 Å². The number of amides is 2. The number of hydrogen-bond acceptors (Lipinski definition) is 6. The Hall–Kier alpha value is -4.12. The first kappa shape index (κ1) is 27.1. The third-order valence-corrected chi connectivity index (χ3v) is 9.41. The highest BCUT2D eigenvalue weighted by Gasteiger charge is 2.47. The number of benzene rings is 4. The second-order valence-electron chi connectivity index (χ2n) is 9.81. The minimum Gasteiger partial charge on any atom is -0.436 e. The summed E-state index contributed by atoms with van der Waals surface area (Å²) < 4.78 is 35.5. The standard InChI is InChI=1S/C31H24BrN3O5S/c1-20-6-8-21(9-7-20)19-34(41(38,39)25-16-12-23(32)13-17-25)27-18-29(36)35(31(27)37)24-14-10-22(11-15-24)30-33-26-4-2-3-5-28(26)40-30/h2-17,27H,18-19H2,1H3. The molecule has 0 bridgehead atoms. The van der Waals surface area contributed by atoms with Gasteiger partial charge in [0.25, 0.3) is 5.91 Å². The third kappa shape index (κ3) is 5.21. The largest absolute Gasteiger partial charge is 0.436 e. The lowest BCUT2D eigenvalue weighted by molar-refractivity contribution is -0.122. The number of aryl methyl sites for hydroxylation is 1. The van der Waals surface area contributed by atoms with Crippen LogP contribution in [0.2, 0.25) is 0 Å². The Balaban J connectivity index is 1.32. The number of oxazole rings is 1. The zero-order valence-corrected chi connectivity index (χ0v) is 24.3. The maximum absolute atomic E-state index is 13.9. The molecule has 10 heteroatoms. The Labute approximate surface area is 245 Å². The number of rotatable bonds is 7. The Morgan fingerprint density at radius 2 is 1.61 bits per heavy atom. The van der Waals surface area contributed by atoms with Crippen molar-refractivity contribution in [3.63, 3.8) is 0 Å². The molecule has 1 aliphatic rings. The fourth-order valence-corrected chi connectivity index (χ4v) is 6.67. The van der Waals surface area contributed by atoms with Crippen molar-refractivity contribution in [1.29, 1.82) is 0 Å². The van der Waals surface area contributed by atoms with Crippen LogP contribution in [0, 0.1) is 6.92 Å². The zero-order chi connectivity index (χ0) is 28.7. The molecule has 0 radical (unpaired) electrons. The number of aromatic nitrogens is 1. The van der Waals surface area contributed by atoms with E-state index in [1.807, 2.05) is 55.5 Å². The van der Waals surface area contributed by atoms with Gasteiger partial charge in [0.2, 0.25) is 21.8 Å². The fourth-order valence-electron chi connectivity index (χ4n) is 4.84. The molecule has 8 nitrogen and oxygen atoms in total. The Morgan fingerprint density at radius 3 is 2.29 bits per heavy atom. The van der Waals surface area contributed by atoms with E-state index in [0.717, 1.165) is 24.8 Å². The summed E-state index contributed by atoms with van der Waals surface area (Å²) in [5, 5.41) is 0. The summed E-state index contributed by atoms with van der Waals surface area (Å²) in [4.78, 5) is 32.6. The van der Waals surface area contributed by atoms with Crippen LogP contribution < -0.4 is 4.90 Å². The lowest BCUT2D eigenvalue weighted by Gasteiger charge is -2.27. The molecule has 0 saturated carbocycles. The molecule has 1 aliphatic heterocycles. The molecule has 0 spiro atoms. The molecule has 41 heavy (non-hydrogen) atoms. The van der Waals surface area contributed by atoms with Crippen molar-refractivity contribution in [2.75, 3.05) is 4.90 Å². The van der Waals surface area contributed by atoms with Gasteiger partial charge in [-0.15, -0.1) is 0 Å². The summed E-state index contributed by atoms with van der Waals surface area (Å²) >= 11 is 3.33. The monoisotopic (exact) mass is 629 g/mol. The van der Waals surface area contributed by atoms with E-state index in [-0.39, 0.29) is 17.9 Å². The van der Waals surface area contributed by atoms with Crippen LogP contribution in [0.3, 0.4) is 0 Å². The van der Waals surface area contributed by atoms with Crippen molar-refractivity contribution >= 4 is 54.6 Å². The van der Waals surface area contributed by atoms with Crippen molar-refractivity contribution in [2.45, 2.75) is 30.8 Å². The van der Waals surface area contributed by atoms with E-state index < -0.39 is 27.9 Å². The summed E-state index contributed by atoms with van der Waals surface area (Å²) in [5.41, 5.74) is 4.13. The number of fused-ring (bicyclic) bond motifs is 1. The van der Waals surface area contributed by atoms with Gasteiger partial charge in [-0.2, -0.15) is 4.31 Å². The predicted molar refractivity (Wildman–Crippen MR) is 158 cm³/mol. The van der Waals surface area contributed by atoms with Gasteiger partial charge < -0.3 is 4.42 Å². The molecule has 206 valence electrons. The lowest BCUT2D eigenvalue weighted by Crippen LogP contribution is -2.45. The topological polar surface area (TPSA) is 101 Å². The van der Waals surface area contributed by atoms with Crippen LogP contribution in [0.1, 0.15) is 17.5 Å². The minimum absolute atomic E-state index is 0.0363. The number of nitrogens with zero attached hydrogens (tertiary/aromatic N) is 3. The van der Waals surface area contributed by atoms with E-state index >= 15 is 0 Å². The van der Waals surface area contributed by atoms with Crippen LogP contribution in [0.15, 0.2) is 111 Å². The molecule has 0 N–H and O–H groups in total. The molecular weight excluding hydrogens is 606 g/mol. The molecule has 0 aliphatic carbocycles. The van der Waals surface area contributed by atoms with Crippen molar-refractivity contribution in [1.82, 2.24) is 9.29 Å². The number of halogens is 1. The molecule has 1 saturated heterocycles. The summed E-state index contributed by atoms with van der Waals surface area (Å²) in [6.45, 7) is 1.87. The van der Waals surface area contributed by atoms with Gasteiger partial charge in [-0.25, -0.2) is 18.3 Å². The molecule has 4 aromatic carbocycles. The van der Waals surface area contributed by atoms with Gasteiger partial charge in [0.1, 0.15) is 11.6 Å². The molecule has 5 aromatic rings. The van der Waals surface area contributed by atoms with Crippen LogP contribution in [0.5, 0.6) is 0 Å². The molecule has 2 heterocycles. The molecular formula is C31H24BrN3O5S. The average molecular weight is 631 g/mol. The number of sulfonamides is 1. The predicted octanol–water partition coefficient (Wildman–Crippen LogP) is 6.09. The average Bonchev–Trinajstić information content (AvgIpc) is 3.53. The summed E-state index contributed by atoms with van der Waals surface area (Å²) in [7, 11) is -4.13. The SMILES string of the molecule is Cc1ccc(CN(C2CC(=O)N(c3ccc(-c4nc5ccccc5o4)cc3)C2=O)S(=O)(=O)c2ccc(Br)cc2)cc1. The van der Waals surface area contributed by atoms with Crippen LogP contribution in [-0.4, -0.2) is 35.6 Å². The molecule has 6 rings (SSSR count). The number of carbonyl (C=O) groups is 2. The summed E-state index contributed by atoms with van der Waals surface area (Å²) in [6.07, 6.45) is -0.271. The molecule has 1 fully saturated rings. The Morgan fingerprint density at radius 1 is 0.927 bits per heavy atom. The van der Waals surface area contributed by atoms with Crippen LogP contribution in [0.25, 0.3) is 22.6 Å². The van der Waals surface area contributed by atoms with Crippen LogP contribution in [-0.2, 0) is 26.2 Å². The number of carbonyl (C=O) groups excluding carboxylic acids is 2. The fraction of sp³-hybridized carbons (Fsp3) is 0.129. The van der Waals surface area contributed by atoms with Gasteiger partial charge in [-0.05, 0) is 73.2 Å². The number of anilines is 1. The maximum Gasteiger partial charge on any atom is 0.252 e. The highest BCUT2D eigenvalue weighted by Crippen LogP contribution is 2.33. The molecule has 2 amide bonds. The summed E-state index contributed by atoms with van der Waals surface area (Å²) in [6, 6.07) is 26.5. The van der Waals surface area contributed by atoms with Crippen molar-refractivity contribution in [3.8, 4) is 11.5 Å². The van der Waals surface area contributed by atoms with E-state index in [4.69, 9.17) is 4.42 Å². The Bertz CT molecular complexity index is 1840. The van der Waals surface area contributed by atoms with Gasteiger partial charge in [0.05, 0.1) is 17.0 Å². The molecule has 1 aromatic heterocycles. The maximum atomic E-state index is 13.9. The Kier molecular flexibility index (Phi) is 7.06. The highest BCUT2D eigenvalue weighted by atomic mass is 79.9. The first-order chi connectivity index (χ1) is 19.7. The number of imide groups is 1. The van der Waals surface area contributed by atoms with Crippen LogP contribution in [0.4, 0.5) is 5.69 Å². The van der Waals surface area contributed by atoms with Crippen molar-refractivity contribution in [2.24, 2.45) is 0 Å². The second kappa shape index (κ2) is 10.7. The van der Waals surface area contributed by atoms with Gasteiger partial charge in [-0.1, -0.05) is 57.9 Å². The van der Waals surface area contributed by atoms with Crippen molar-refractivity contribution < 1.29 is 22.4 Å². The number of para-hydroxylation sites is 2. The molecule has 1 atom stereocenters. The summed E-state index contributed by atoms with van der Waals surface area (Å²) in [5.74, 6) is -0.661. The van der Waals surface area contributed by atoms with Crippen molar-refractivity contribution in [3.05, 3.63) is 113 Å². The quantitative estimate of drug-likeness (QED) is 0.202. The second-order valence-corrected chi connectivity index (χ2v) is 12.6. The van der Waals surface area contributed by atoms with Gasteiger partial charge in [-0.3, -0.25) is 9.59 Å². The number of hydrogen-bond donors (Lipinski definition) is 0. The zero-order valence-electron chi connectivity index (χ0n) is 21.9. The molecule has 1 unspecified atom stereocenters. The van der Waals surface area contributed by atoms with Gasteiger partial charge in [0, 0.05) is 16.6 Å². The highest BCUT2D eigenvalue weighted by molar-refractivity contribution is 9.10. The van der Waals surface area contributed by atoms with Gasteiger partial charge >= 0.3 is 0 Å². The smallest absolute Gasteiger partial charge is 0.252 e. The third-order valence-electron chi connectivity index (χ3n) is 7.02. The first-order valence-corrected chi connectivity index (χ1v) is 15.1. The normalized spacial score (nSPS) is 15.8. The minimum atomic E-state index is -4.13. The van der Waals surface area contributed by atoms with Crippen LogP contribution >= 0.6 is 15.9 Å². The van der Waals surface area contributed by atoms with E-state index in [9.17, 15) is 18.0 Å². The van der Waals surface area contributed by atoms with E-state index in [2.05, 4.69) is 20.9 Å².